The van der Waals surface area contributed by atoms with Crippen molar-refractivity contribution in [3.63, 3.8) is 0 Å². The van der Waals surface area contributed by atoms with Gasteiger partial charge in [-0.1, -0.05) is 12.1 Å². The normalized spacial score (nSPS) is 21.4. The molecular formula is C25H29N5O2. The van der Waals surface area contributed by atoms with Crippen LogP contribution in [0.25, 0.3) is 10.9 Å². The fourth-order valence-electron chi connectivity index (χ4n) is 5.01. The molecule has 166 valence electrons. The molecule has 2 atom stereocenters. The molecule has 3 aromatic rings. The Balaban J connectivity index is 1.25. The average molecular weight is 432 g/mol. The maximum absolute atomic E-state index is 13.1. The number of hydrogen-bond acceptors (Lipinski definition) is 5. The molecule has 1 N–H and O–H groups in total. The molecule has 2 aliphatic rings. The molecule has 5 rings (SSSR count). The Morgan fingerprint density at radius 3 is 2.28 bits per heavy atom. The molecule has 2 unspecified atom stereocenters. The van der Waals surface area contributed by atoms with Crippen LogP contribution in [0.5, 0.6) is 0 Å². The van der Waals surface area contributed by atoms with E-state index in [-0.39, 0.29) is 11.5 Å². The van der Waals surface area contributed by atoms with E-state index in [1.54, 1.807) is 6.07 Å². The van der Waals surface area contributed by atoms with E-state index < -0.39 is 0 Å². The van der Waals surface area contributed by atoms with Crippen LogP contribution < -0.4 is 15.4 Å². The van der Waals surface area contributed by atoms with Crippen molar-refractivity contribution < 1.29 is 4.79 Å². The molecule has 2 aromatic carbocycles. The van der Waals surface area contributed by atoms with E-state index in [2.05, 4.69) is 40.8 Å². The van der Waals surface area contributed by atoms with Crippen LogP contribution in [0.4, 0.5) is 11.6 Å². The number of aromatic amines is 1. The Labute approximate surface area is 187 Å². The van der Waals surface area contributed by atoms with Crippen LogP contribution >= 0.6 is 0 Å². The van der Waals surface area contributed by atoms with Crippen LogP contribution in [-0.2, 0) is 0 Å². The molecule has 1 amide bonds. The van der Waals surface area contributed by atoms with Crippen molar-refractivity contribution in [2.45, 2.75) is 38.8 Å². The van der Waals surface area contributed by atoms with Crippen LogP contribution in [0.2, 0.25) is 0 Å². The minimum absolute atomic E-state index is 0.0543. The van der Waals surface area contributed by atoms with Gasteiger partial charge in [0.25, 0.3) is 11.5 Å². The fourth-order valence-corrected chi connectivity index (χ4v) is 5.01. The van der Waals surface area contributed by atoms with Gasteiger partial charge in [0.15, 0.2) is 0 Å². The first-order chi connectivity index (χ1) is 15.5. The van der Waals surface area contributed by atoms with Crippen molar-refractivity contribution in [3.05, 3.63) is 64.4 Å². The van der Waals surface area contributed by atoms with Gasteiger partial charge in [0.05, 0.1) is 10.9 Å². The highest BCUT2D eigenvalue weighted by atomic mass is 16.2. The van der Waals surface area contributed by atoms with E-state index in [1.807, 2.05) is 40.1 Å². The zero-order valence-corrected chi connectivity index (χ0v) is 18.6. The molecule has 0 radical (unpaired) electrons. The molecule has 0 spiro atoms. The Morgan fingerprint density at radius 2 is 1.59 bits per heavy atom. The van der Waals surface area contributed by atoms with Crippen molar-refractivity contribution in [1.29, 1.82) is 0 Å². The van der Waals surface area contributed by atoms with Gasteiger partial charge in [0, 0.05) is 49.5 Å². The van der Waals surface area contributed by atoms with E-state index in [1.165, 1.54) is 18.5 Å². The number of carbonyl (C=O) groups is 1. The van der Waals surface area contributed by atoms with E-state index in [4.69, 9.17) is 0 Å². The predicted octanol–water partition coefficient (Wildman–Crippen LogP) is 3.26. The number of hydrogen-bond donors (Lipinski definition) is 1. The number of nitrogens with zero attached hydrogens (tertiary/aromatic N) is 4. The summed E-state index contributed by atoms with van der Waals surface area (Å²) in [6.45, 7) is 6.98. The highest BCUT2D eigenvalue weighted by Gasteiger charge is 2.28. The predicted molar refractivity (Wildman–Crippen MR) is 128 cm³/mol. The standard InChI is InChI=1S/C25H29N5O2/c1-17-7-8-18(2)30(17)20-11-9-19(10-12-20)24(32)28-13-15-29(16-14-28)25-26-22-6-4-3-5-21(22)23(31)27-25/h3-6,9-12,17-18H,7-8,13-16H2,1-2H3,(H,26,27,31). The van der Waals surface area contributed by atoms with Gasteiger partial charge >= 0.3 is 0 Å². The molecule has 3 heterocycles. The molecule has 0 bridgehead atoms. The largest absolute Gasteiger partial charge is 0.366 e. The Morgan fingerprint density at radius 1 is 0.938 bits per heavy atom. The summed E-state index contributed by atoms with van der Waals surface area (Å²) in [6.07, 6.45) is 2.42. The third-order valence-electron chi connectivity index (χ3n) is 6.83. The monoisotopic (exact) mass is 431 g/mol. The highest BCUT2D eigenvalue weighted by molar-refractivity contribution is 5.94. The summed E-state index contributed by atoms with van der Waals surface area (Å²) in [5.74, 6) is 0.623. The van der Waals surface area contributed by atoms with Gasteiger partial charge in [0.1, 0.15) is 0 Å². The van der Waals surface area contributed by atoms with Crippen LogP contribution in [0, 0.1) is 0 Å². The van der Waals surface area contributed by atoms with Crippen LogP contribution in [0.15, 0.2) is 53.3 Å². The third-order valence-corrected chi connectivity index (χ3v) is 6.83. The van der Waals surface area contributed by atoms with Gasteiger partial charge in [-0.05, 0) is 63.1 Å². The zero-order chi connectivity index (χ0) is 22.2. The first kappa shape index (κ1) is 20.5. The van der Waals surface area contributed by atoms with Crippen molar-refractivity contribution in [2.75, 3.05) is 36.0 Å². The Hall–Kier alpha value is -3.35. The average Bonchev–Trinajstić information content (AvgIpc) is 3.16. The maximum atomic E-state index is 13.1. The lowest BCUT2D eigenvalue weighted by molar-refractivity contribution is 0.0746. The first-order valence-corrected chi connectivity index (χ1v) is 11.4. The number of nitrogens with one attached hydrogen (secondary N) is 1. The van der Waals surface area contributed by atoms with E-state index >= 15 is 0 Å². The first-order valence-electron chi connectivity index (χ1n) is 11.4. The van der Waals surface area contributed by atoms with Gasteiger partial charge < -0.3 is 14.7 Å². The molecule has 1 aromatic heterocycles. The molecule has 2 fully saturated rings. The number of H-pyrrole nitrogens is 1. The molecule has 2 aliphatic heterocycles. The molecule has 0 saturated carbocycles. The minimum atomic E-state index is -0.133. The smallest absolute Gasteiger partial charge is 0.260 e. The summed E-state index contributed by atoms with van der Waals surface area (Å²) in [5.41, 5.74) is 2.46. The summed E-state index contributed by atoms with van der Waals surface area (Å²) in [4.78, 5) is 39.3. The molecule has 7 heteroatoms. The number of amides is 1. The molecule has 2 saturated heterocycles. The van der Waals surface area contributed by atoms with Gasteiger partial charge in [-0.25, -0.2) is 4.98 Å². The van der Waals surface area contributed by atoms with Gasteiger partial charge in [-0.15, -0.1) is 0 Å². The summed E-state index contributed by atoms with van der Waals surface area (Å²) in [6, 6.07) is 16.5. The summed E-state index contributed by atoms with van der Waals surface area (Å²) in [5, 5.41) is 0.589. The number of anilines is 2. The van der Waals surface area contributed by atoms with E-state index in [9.17, 15) is 9.59 Å². The number of fused-ring (bicyclic) bond motifs is 1. The fraction of sp³-hybridized carbons (Fsp3) is 0.400. The number of rotatable bonds is 3. The lowest BCUT2D eigenvalue weighted by Gasteiger charge is -2.35. The topological polar surface area (TPSA) is 72.5 Å². The van der Waals surface area contributed by atoms with Crippen LogP contribution in [0.3, 0.4) is 0 Å². The SMILES string of the molecule is CC1CCC(C)N1c1ccc(C(=O)N2CCN(c3nc4ccccc4c(=O)[nH]3)CC2)cc1. The van der Waals surface area contributed by atoms with Crippen molar-refractivity contribution in [1.82, 2.24) is 14.9 Å². The zero-order valence-electron chi connectivity index (χ0n) is 18.6. The second-order valence-corrected chi connectivity index (χ2v) is 8.92. The summed E-state index contributed by atoms with van der Waals surface area (Å²) >= 11 is 0. The third kappa shape index (κ3) is 3.72. The number of piperazine rings is 1. The minimum Gasteiger partial charge on any atom is -0.366 e. The summed E-state index contributed by atoms with van der Waals surface area (Å²) < 4.78 is 0. The quantitative estimate of drug-likeness (QED) is 0.689. The highest BCUT2D eigenvalue weighted by Crippen LogP contribution is 2.30. The number of para-hydroxylation sites is 1. The lowest BCUT2D eigenvalue weighted by atomic mass is 10.1. The molecule has 7 nitrogen and oxygen atoms in total. The van der Waals surface area contributed by atoms with Gasteiger partial charge in [0.2, 0.25) is 5.95 Å². The van der Waals surface area contributed by atoms with Crippen LogP contribution in [-0.4, -0.2) is 59.0 Å². The summed E-state index contributed by atoms with van der Waals surface area (Å²) in [7, 11) is 0. The van der Waals surface area contributed by atoms with E-state index in [0.717, 1.165) is 5.56 Å². The van der Waals surface area contributed by atoms with Crippen molar-refractivity contribution >= 4 is 28.4 Å². The Bertz CT molecular complexity index is 1170. The number of carbonyl (C=O) groups excluding carboxylic acids is 1. The lowest BCUT2D eigenvalue weighted by Crippen LogP contribution is -2.49. The number of benzene rings is 2. The van der Waals surface area contributed by atoms with Crippen molar-refractivity contribution in [3.8, 4) is 0 Å². The number of aromatic nitrogens is 2. The van der Waals surface area contributed by atoms with Gasteiger partial charge in [-0.2, -0.15) is 0 Å². The second-order valence-electron chi connectivity index (χ2n) is 8.92. The van der Waals surface area contributed by atoms with Crippen molar-refractivity contribution in [2.24, 2.45) is 0 Å². The van der Waals surface area contributed by atoms with Crippen LogP contribution in [0.1, 0.15) is 37.0 Å². The molecule has 0 aliphatic carbocycles. The van der Waals surface area contributed by atoms with Gasteiger partial charge in [-0.3, -0.25) is 14.6 Å². The molecule has 32 heavy (non-hydrogen) atoms. The Kier molecular flexibility index (Phi) is 5.33. The maximum Gasteiger partial charge on any atom is 0.260 e. The van der Waals surface area contributed by atoms with E-state index in [0.29, 0.717) is 55.1 Å². The molecular weight excluding hydrogens is 402 g/mol. The second kappa shape index (κ2) is 8.30.